The summed E-state index contributed by atoms with van der Waals surface area (Å²) in [5.41, 5.74) is 1.68. The molecule has 21 heavy (non-hydrogen) atoms. The highest BCUT2D eigenvalue weighted by atomic mass is 16.6. The van der Waals surface area contributed by atoms with E-state index in [2.05, 4.69) is 0 Å². The third-order valence-corrected chi connectivity index (χ3v) is 3.86. The number of nitro groups is 1. The maximum atomic E-state index is 12.4. The van der Waals surface area contributed by atoms with Gasteiger partial charge in [0.1, 0.15) is 0 Å². The number of benzene rings is 2. The van der Waals surface area contributed by atoms with Gasteiger partial charge >= 0.3 is 0 Å². The molecule has 0 amide bonds. The van der Waals surface area contributed by atoms with Crippen molar-refractivity contribution in [3.63, 3.8) is 0 Å². The van der Waals surface area contributed by atoms with Gasteiger partial charge < -0.3 is 0 Å². The largest absolute Gasteiger partial charge is 0.292 e. The minimum absolute atomic E-state index is 0.00138. The number of carbonyl (C=O) groups excluding carboxylic acids is 1. The number of nitro benzene ring substituents is 1. The molecule has 3 rings (SSSR count). The van der Waals surface area contributed by atoms with Crippen LogP contribution in [-0.4, -0.2) is 28.7 Å². The molecule has 5 nitrogen and oxygen atoms in total. The van der Waals surface area contributed by atoms with Crippen LogP contribution in [0.3, 0.4) is 0 Å². The Bertz CT molecular complexity index is 682. The van der Waals surface area contributed by atoms with Crippen molar-refractivity contribution in [2.24, 2.45) is 0 Å². The molecule has 1 aliphatic rings. The lowest BCUT2D eigenvalue weighted by Gasteiger charge is -1.99. The molecule has 2 aromatic carbocycles. The predicted octanol–water partition coefficient (Wildman–Crippen LogP) is 2.83. The normalized spacial score (nSPS) is 23.6. The fourth-order valence-electron chi connectivity index (χ4n) is 2.65. The molecule has 0 aromatic heterocycles. The second kappa shape index (κ2) is 5.10. The molecule has 1 heterocycles. The molecule has 1 fully saturated rings. The van der Waals surface area contributed by atoms with Gasteiger partial charge in [0.05, 0.1) is 17.0 Å². The molecule has 0 radical (unpaired) electrons. The number of ketones is 1. The van der Waals surface area contributed by atoms with Crippen LogP contribution in [0.25, 0.3) is 0 Å². The van der Waals surface area contributed by atoms with Crippen LogP contribution in [-0.2, 0) is 0 Å². The van der Waals surface area contributed by atoms with Gasteiger partial charge in [0.25, 0.3) is 5.69 Å². The van der Waals surface area contributed by atoms with Gasteiger partial charge in [-0.25, -0.2) is 0 Å². The molecule has 0 N–H and O–H groups in total. The zero-order chi connectivity index (χ0) is 15.0. The molecule has 5 heteroatoms. The summed E-state index contributed by atoms with van der Waals surface area (Å²) >= 11 is 0. The number of nitrogens with zero attached hydrogens (tertiary/aromatic N) is 2. The summed E-state index contributed by atoms with van der Waals surface area (Å²) in [6.45, 7) is 0. The van der Waals surface area contributed by atoms with E-state index in [0.717, 1.165) is 5.56 Å². The van der Waals surface area contributed by atoms with Crippen molar-refractivity contribution < 1.29 is 9.72 Å². The van der Waals surface area contributed by atoms with E-state index in [1.54, 1.807) is 24.3 Å². The summed E-state index contributed by atoms with van der Waals surface area (Å²) in [6.07, 6.45) is 0. The summed E-state index contributed by atoms with van der Waals surface area (Å²) in [7, 11) is 1.89. The lowest BCUT2D eigenvalue weighted by molar-refractivity contribution is -0.384. The second-order valence-electron chi connectivity index (χ2n) is 5.13. The third-order valence-electron chi connectivity index (χ3n) is 3.86. The second-order valence-corrected chi connectivity index (χ2v) is 5.13. The maximum absolute atomic E-state index is 12.4. The topological polar surface area (TPSA) is 63.2 Å². The molecule has 0 aliphatic carbocycles. The Balaban J connectivity index is 1.79. The zero-order valence-electron chi connectivity index (χ0n) is 11.5. The Morgan fingerprint density at radius 3 is 2.29 bits per heavy atom. The van der Waals surface area contributed by atoms with Gasteiger partial charge in [0, 0.05) is 17.7 Å². The summed E-state index contributed by atoms with van der Waals surface area (Å²) in [4.78, 5) is 24.6. The van der Waals surface area contributed by atoms with Crippen molar-refractivity contribution in [1.29, 1.82) is 0 Å². The number of hydrogen-bond donors (Lipinski definition) is 0. The first-order valence-electron chi connectivity index (χ1n) is 6.65. The molecule has 0 spiro atoms. The van der Waals surface area contributed by atoms with Gasteiger partial charge in [-0.05, 0) is 12.6 Å². The van der Waals surface area contributed by atoms with E-state index in [0.29, 0.717) is 5.56 Å². The van der Waals surface area contributed by atoms with E-state index in [1.165, 1.54) is 12.1 Å². The van der Waals surface area contributed by atoms with Crippen molar-refractivity contribution in [2.75, 3.05) is 7.05 Å². The molecule has 0 saturated carbocycles. The van der Waals surface area contributed by atoms with Gasteiger partial charge in [-0.1, -0.05) is 42.5 Å². The van der Waals surface area contributed by atoms with Crippen LogP contribution in [0.2, 0.25) is 0 Å². The van der Waals surface area contributed by atoms with Gasteiger partial charge in [0.2, 0.25) is 0 Å². The molecule has 3 atom stereocenters. The lowest BCUT2D eigenvalue weighted by atomic mass is 10.0. The quantitative estimate of drug-likeness (QED) is 0.374. The van der Waals surface area contributed by atoms with E-state index < -0.39 is 4.92 Å². The SMILES string of the molecule is CN1C(C(=O)c2ccccc2)C1c1ccc([N+](=O)[O-])cc1. The molecule has 2 aromatic rings. The Morgan fingerprint density at radius 2 is 1.71 bits per heavy atom. The summed E-state index contributed by atoms with van der Waals surface area (Å²) in [5.74, 6) is 0.0847. The monoisotopic (exact) mass is 282 g/mol. The number of Topliss-reactive ketones (excluding diaryl/α,β-unsaturated/α-hetero) is 1. The molecular weight excluding hydrogens is 268 g/mol. The van der Waals surface area contributed by atoms with E-state index in [1.807, 2.05) is 30.1 Å². The van der Waals surface area contributed by atoms with Crippen molar-refractivity contribution in [2.45, 2.75) is 12.1 Å². The van der Waals surface area contributed by atoms with Crippen LogP contribution in [0, 0.1) is 10.1 Å². The molecule has 0 bridgehead atoms. The zero-order valence-corrected chi connectivity index (χ0v) is 11.5. The standard InChI is InChI=1S/C16H14N2O3/c1-17-14(11-7-9-13(10-8-11)18(20)21)15(17)16(19)12-5-3-2-4-6-12/h2-10,14-15H,1H3. The summed E-state index contributed by atoms with van der Waals surface area (Å²) in [6, 6.07) is 15.4. The third kappa shape index (κ3) is 2.43. The van der Waals surface area contributed by atoms with E-state index in [-0.39, 0.29) is 23.6 Å². The molecule has 1 saturated heterocycles. The van der Waals surface area contributed by atoms with Crippen LogP contribution in [0.4, 0.5) is 5.69 Å². The maximum Gasteiger partial charge on any atom is 0.269 e. The number of likely N-dealkylation sites (N-methyl/N-ethyl adjacent to an activating group) is 1. The van der Waals surface area contributed by atoms with E-state index >= 15 is 0 Å². The van der Waals surface area contributed by atoms with Gasteiger partial charge in [-0.15, -0.1) is 0 Å². The van der Waals surface area contributed by atoms with Crippen molar-refractivity contribution in [1.82, 2.24) is 4.90 Å². The number of non-ortho nitro benzene ring substituents is 1. The first-order valence-corrected chi connectivity index (χ1v) is 6.65. The van der Waals surface area contributed by atoms with Crippen LogP contribution in [0.15, 0.2) is 54.6 Å². The number of hydrogen-bond acceptors (Lipinski definition) is 4. The van der Waals surface area contributed by atoms with Gasteiger partial charge in [-0.3, -0.25) is 19.8 Å². The molecule has 1 aliphatic heterocycles. The molecule has 3 unspecified atom stereocenters. The average Bonchev–Trinajstić information content (AvgIpc) is 3.18. The Hall–Kier alpha value is -2.53. The minimum atomic E-state index is -0.424. The first kappa shape index (κ1) is 13.5. The van der Waals surface area contributed by atoms with Crippen molar-refractivity contribution in [3.8, 4) is 0 Å². The highest BCUT2D eigenvalue weighted by Crippen LogP contribution is 2.43. The highest BCUT2D eigenvalue weighted by Gasteiger charge is 2.50. The summed E-state index contributed by atoms with van der Waals surface area (Å²) in [5, 5.41) is 10.7. The van der Waals surface area contributed by atoms with Gasteiger partial charge in [0.15, 0.2) is 5.78 Å². The van der Waals surface area contributed by atoms with E-state index in [9.17, 15) is 14.9 Å². The smallest absolute Gasteiger partial charge is 0.269 e. The number of rotatable bonds is 4. The first-order chi connectivity index (χ1) is 10.1. The highest BCUT2D eigenvalue weighted by molar-refractivity contribution is 6.02. The Labute approximate surface area is 122 Å². The van der Waals surface area contributed by atoms with E-state index in [4.69, 9.17) is 0 Å². The average molecular weight is 282 g/mol. The minimum Gasteiger partial charge on any atom is -0.292 e. The van der Waals surface area contributed by atoms with Gasteiger partial charge in [-0.2, -0.15) is 0 Å². The Morgan fingerprint density at radius 1 is 1.10 bits per heavy atom. The van der Waals surface area contributed by atoms with Crippen LogP contribution in [0.1, 0.15) is 22.0 Å². The molecule has 106 valence electrons. The summed E-state index contributed by atoms with van der Waals surface area (Å²) < 4.78 is 0. The van der Waals surface area contributed by atoms with Crippen molar-refractivity contribution in [3.05, 3.63) is 75.8 Å². The van der Waals surface area contributed by atoms with Crippen LogP contribution in [0.5, 0.6) is 0 Å². The fraction of sp³-hybridized carbons (Fsp3) is 0.188. The van der Waals surface area contributed by atoms with Crippen LogP contribution >= 0.6 is 0 Å². The van der Waals surface area contributed by atoms with Crippen molar-refractivity contribution >= 4 is 11.5 Å². The fourth-order valence-corrected chi connectivity index (χ4v) is 2.65. The lowest BCUT2D eigenvalue weighted by Crippen LogP contribution is -2.11. The van der Waals surface area contributed by atoms with Crippen LogP contribution < -0.4 is 0 Å². The number of carbonyl (C=O) groups is 1. The molecular formula is C16H14N2O3. The predicted molar refractivity (Wildman–Crippen MR) is 78.2 cm³/mol. The Kier molecular flexibility index (Phi) is 3.27.